The molecular weight excluding hydrogens is 615 g/mol. The van der Waals surface area contributed by atoms with Crippen LogP contribution in [0.5, 0.6) is 0 Å². The number of carbonyl (C=O) groups excluding carboxylic acids is 3. The minimum absolute atomic E-state index is 0.182. The second kappa shape index (κ2) is 13.3. The molecule has 0 radical (unpaired) electrons. The number of nitrogens with zero attached hydrogens (tertiary/aromatic N) is 3. The predicted molar refractivity (Wildman–Crippen MR) is 174 cm³/mol. The van der Waals surface area contributed by atoms with Gasteiger partial charge in [0.15, 0.2) is 11.2 Å². The fourth-order valence-corrected chi connectivity index (χ4v) is 6.24. The van der Waals surface area contributed by atoms with Gasteiger partial charge in [-0.2, -0.15) is 0 Å². The largest absolute Gasteiger partial charge is 0.451 e. The first kappa shape index (κ1) is 30.7. The monoisotopic (exact) mass is 646 g/mol. The molecule has 0 aliphatic carbocycles. The Morgan fingerprint density at radius 3 is 2.33 bits per heavy atom. The quantitative estimate of drug-likeness (QED) is 0.292. The standard InChI is InChI=1S/C34H32Cl2N4O5/c35-24-9-7-22(8-10-24)18-27(37-33(43)31-20-29(41)26-19-25(36)11-12-30(26)45-31)34(44)39-16-14-38(15-17-39)28-5-2-1-4-23(28)21-40-13-3-6-32(40)42/h1-2,4-5,7-12,19-20,27H,3,6,13-18,21H2,(H,37,43)/t27-/m0/s1. The molecule has 1 N–H and O–H groups in total. The molecule has 0 unspecified atom stereocenters. The molecule has 0 saturated carbocycles. The number of halogens is 2. The van der Waals surface area contributed by atoms with Gasteiger partial charge in [-0.25, -0.2) is 0 Å². The molecule has 232 valence electrons. The third kappa shape index (κ3) is 7.00. The van der Waals surface area contributed by atoms with E-state index in [4.69, 9.17) is 27.6 Å². The molecule has 0 bridgehead atoms. The van der Waals surface area contributed by atoms with Crippen LogP contribution in [0.3, 0.4) is 0 Å². The fraction of sp³-hybridized carbons (Fsp3) is 0.294. The highest BCUT2D eigenvalue weighted by molar-refractivity contribution is 6.31. The van der Waals surface area contributed by atoms with Gasteiger partial charge in [-0.05, 0) is 53.9 Å². The first-order chi connectivity index (χ1) is 21.7. The first-order valence-electron chi connectivity index (χ1n) is 14.9. The molecule has 3 heterocycles. The van der Waals surface area contributed by atoms with Crippen LogP contribution < -0.4 is 15.6 Å². The number of rotatable bonds is 8. The van der Waals surface area contributed by atoms with E-state index in [1.165, 1.54) is 12.1 Å². The zero-order valence-corrected chi connectivity index (χ0v) is 26.0. The zero-order chi connectivity index (χ0) is 31.5. The maximum atomic E-state index is 13.9. The Labute approximate surface area is 270 Å². The minimum Gasteiger partial charge on any atom is -0.451 e. The highest BCUT2D eigenvalue weighted by Gasteiger charge is 2.31. The minimum atomic E-state index is -0.912. The van der Waals surface area contributed by atoms with Crippen molar-refractivity contribution in [2.75, 3.05) is 37.6 Å². The second-order valence-electron chi connectivity index (χ2n) is 11.3. The van der Waals surface area contributed by atoms with Crippen molar-refractivity contribution < 1.29 is 18.8 Å². The molecule has 0 spiro atoms. The number of nitrogens with one attached hydrogen (secondary N) is 1. The van der Waals surface area contributed by atoms with Crippen LogP contribution in [0, 0.1) is 0 Å². The summed E-state index contributed by atoms with van der Waals surface area (Å²) >= 11 is 12.1. The number of carbonyl (C=O) groups is 3. The number of fused-ring (bicyclic) bond motifs is 1. The second-order valence-corrected chi connectivity index (χ2v) is 12.2. The number of anilines is 1. The van der Waals surface area contributed by atoms with Gasteiger partial charge in [-0.3, -0.25) is 19.2 Å². The van der Waals surface area contributed by atoms with Gasteiger partial charge in [-0.15, -0.1) is 0 Å². The summed E-state index contributed by atoms with van der Waals surface area (Å²) in [4.78, 5) is 58.2. The summed E-state index contributed by atoms with van der Waals surface area (Å²) in [7, 11) is 0. The Balaban J connectivity index is 1.18. The molecule has 3 aromatic carbocycles. The highest BCUT2D eigenvalue weighted by atomic mass is 35.5. The van der Waals surface area contributed by atoms with Gasteiger partial charge in [0.2, 0.25) is 11.8 Å². The van der Waals surface area contributed by atoms with Crippen molar-refractivity contribution in [1.82, 2.24) is 15.1 Å². The smallest absolute Gasteiger partial charge is 0.287 e. The van der Waals surface area contributed by atoms with Crippen molar-refractivity contribution in [3.8, 4) is 0 Å². The number of benzene rings is 3. The Bertz CT molecular complexity index is 1800. The number of para-hydroxylation sites is 1. The lowest BCUT2D eigenvalue weighted by Crippen LogP contribution is -2.55. The SMILES string of the molecule is O=C(N[C@@H](Cc1ccc(Cl)cc1)C(=O)N1CCN(c2ccccc2CN2CCCC2=O)CC1)c1cc(=O)c2cc(Cl)ccc2o1. The van der Waals surface area contributed by atoms with E-state index in [2.05, 4.69) is 22.3 Å². The van der Waals surface area contributed by atoms with Gasteiger partial charge in [0.05, 0.1) is 5.39 Å². The molecule has 11 heteroatoms. The van der Waals surface area contributed by atoms with Gasteiger partial charge < -0.3 is 24.4 Å². The van der Waals surface area contributed by atoms with Gasteiger partial charge in [-0.1, -0.05) is 53.5 Å². The molecule has 1 atom stereocenters. The van der Waals surface area contributed by atoms with Crippen molar-refractivity contribution in [3.05, 3.63) is 110 Å². The Hall–Kier alpha value is -4.34. The molecule has 3 amide bonds. The van der Waals surface area contributed by atoms with Crippen LogP contribution in [0.4, 0.5) is 5.69 Å². The molecule has 2 aliphatic heterocycles. The summed E-state index contributed by atoms with van der Waals surface area (Å²) in [5, 5.41) is 4.03. The number of hydrogen-bond acceptors (Lipinski definition) is 6. The van der Waals surface area contributed by atoms with Gasteiger partial charge in [0.25, 0.3) is 5.91 Å². The van der Waals surface area contributed by atoms with E-state index >= 15 is 0 Å². The van der Waals surface area contributed by atoms with Gasteiger partial charge >= 0.3 is 0 Å². The number of likely N-dealkylation sites (tertiary alicyclic amines) is 1. The van der Waals surface area contributed by atoms with Gasteiger partial charge in [0.1, 0.15) is 11.6 Å². The maximum Gasteiger partial charge on any atom is 0.287 e. The van der Waals surface area contributed by atoms with E-state index in [1.54, 1.807) is 23.1 Å². The fourth-order valence-electron chi connectivity index (χ4n) is 5.94. The third-order valence-corrected chi connectivity index (χ3v) is 8.81. The van der Waals surface area contributed by atoms with Crippen molar-refractivity contribution in [2.24, 2.45) is 0 Å². The van der Waals surface area contributed by atoms with E-state index in [-0.39, 0.29) is 35.0 Å². The lowest BCUT2D eigenvalue weighted by Gasteiger charge is -2.38. The highest BCUT2D eigenvalue weighted by Crippen LogP contribution is 2.26. The summed E-state index contributed by atoms with van der Waals surface area (Å²) in [6, 6.07) is 20.0. The van der Waals surface area contributed by atoms with Crippen LogP contribution in [0.2, 0.25) is 10.0 Å². The average molecular weight is 648 g/mol. The zero-order valence-electron chi connectivity index (χ0n) is 24.5. The molecule has 2 fully saturated rings. The topological polar surface area (TPSA) is 103 Å². The Kier molecular flexibility index (Phi) is 9.09. The molecule has 6 rings (SSSR count). The lowest BCUT2D eigenvalue weighted by atomic mass is 10.0. The summed E-state index contributed by atoms with van der Waals surface area (Å²) in [6.07, 6.45) is 1.71. The van der Waals surface area contributed by atoms with Crippen LogP contribution >= 0.6 is 23.2 Å². The van der Waals surface area contributed by atoms with Crippen molar-refractivity contribution in [1.29, 1.82) is 0 Å². The van der Waals surface area contributed by atoms with E-state index in [1.807, 2.05) is 29.2 Å². The van der Waals surface area contributed by atoms with Crippen LogP contribution in [0.1, 0.15) is 34.5 Å². The molecule has 45 heavy (non-hydrogen) atoms. The van der Waals surface area contributed by atoms with E-state index in [0.717, 1.165) is 35.8 Å². The van der Waals surface area contributed by atoms with E-state index in [0.29, 0.717) is 49.2 Å². The molecule has 4 aromatic rings. The summed E-state index contributed by atoms with van der Waals surface area (Å²) in [6.45, 7) is 3.44. The molecular formula is C34H32Cl2N4O5. The number of piperazine rings is 1. The summed E-state index contributed by atoms with van der Waals surface area (Å²) < 4.78 is 5.74. The summed E-state index contributed by atoms with van der Waals surface area (Å²) in [5.74, 6) is -0.910. The number of amides is 3. The van der Waals surface area contributed by atoms with Crippen molar-refractivity contribution >= 4 is 57.6 Å². The molecule has 9 nitrogen and oxygen atoms in total. The van der Waals surface area contributed by atoms with E-state index in [9.17, 15) is 19.2 Å². The van der Waals surface area contributed by atoms with Crippen LogP contribution in [0.15, 0.2) is 82.0 Å². The molecule has 2 saturated heterocycles. The average Bonchev–Trinajstić information content (AvgIpc) is 3.45. The first-order valence-corrected chi connectivity index (χ1v) is 15.7. The number of hydrogen-bond donors (Lipinski definition) is 1. The Morgan fingerprint density at radius 1 is 0.867 bits per heavy atom. The van der Waals surface area contributed by atoms with Crippen LogP contribution in [-0.2, 0) is 22.6 Å². The lowest BCUT2D eigenvalue weighted by molar-refractivity contribution is -0.133. The molecule has 1 aromatic heterocycles. The Morgan fingerprint density at radius 2 is 1.60 bits per heavy atom. The normalized spacial score (nSPS) is 15.9. The van der Waals surface area contributed by atoms with Crippen molar-refractivity contribution in [3.63, 3.8) is 0 Å². The van der Waals surface area contributed by atoms with Crippen LogP contribution in [-0.4, -0.2) is 66.3 Å². The third-order valence-electron chi connectivity index (χ3n) is 8.33. The molecule has 2 aliphatic rings. The van der Waals surface area contributed by atoms with E-state index < -0.39 is 17.4 Å². The van der Waals surface area contributed by atoms with Crippen molar-refractivity contribution in [2.45, 2.75) is 31.8 Å². The maximum absolute atomic E-state index is 13.9. The summed E-state index contributed by atoms with van der Waals surface area (Å²) in [5.41, 5.74) is 2.78. The van der Waals surface area contributed by atoms with Crippen LogP contribution in [0.25, 0.3) is 11.0 Å². The predicted octanol–water partition coefficient (Wildman–Crippen LogP) is 4.91. The van der Waals surface area contributed by atoms with Gasteiger partial charge in [0, 0.05) is 73.9 Å².